The molecule has 0 radical (unpaired) electrons. The zero-order chi connectivity index (χ0) is 21.5. The fraction of sp³-hybridized carbons (Fsp3) is 0.609. The van der Waals surface area contributed by atoms with Crippen molar-refractivity contribution >= 4 is 17.7 Å². The first-order valence-electron chi connectivity index (χ1n) is 11.0. The average Bonchev–Trinajstić information content (AvgIpc) is 2.72. The molecule has 7 heteroatoms. The van der Waals surface area contributed by atoms with Gasteiger partial charge >= 0.3 is 0 Å². The molecule has 2 aliphatic rings. The topological polar surface area (TPSA) is 81.8 Å². The van der Waals surface area contributed by atoms with Gasteiger partial charge in [0.25, 0.3) is 0 Å². The maximum Gasteiger partial charge on any atom is 0.237 e. The fourth-order valence-electron chi connectivity index (χ4n) is 4.32. The molecule has 0 aliphatic carbocycles. The van der Waals surface area contributed by atoms with Crippen LogP contribution >= 0.6 is 0 Å². The molecule has 1 aromatic rings. The second kappa shape index (κ2) is 10.6. The summed E-state index contributed by atoms with van der Waals surface area (Å²) < 4.78 is 0. The molecule has 2 heterocycles. The molecular weight excluding hydrogens is 380 g/mol. The molecule has 0 bridgehead atoms. The summed E-state index contributed by atoms with van der Waals surface area (Å²) in [6, 6.07) is 7.93. The molecule has 1 unspecified atom stereocenters. The quantitative estimate of drug-likeness (QED) is 0.708. The van der Waals surface area contributed by atoms with Crippen molar-refractivity contribution in [1.29, 1.82) is 0 Å². The smallest absolute Gasteiger partial charge is 0.237 e. The number of piperazine rings is 1. The summed E-state index contributed by atoms with van der Waals surface area (Å²) in [6.45, 7) is 7.80. The van der Waals surface area contributed by atoms with E-state index in [9.17, 15) is 14.4 Å². The number of carbonyl (C=O) groups excluding carboxylic acids is 3. The van der Waals surface area contributed by atoms with Crippen molar-refractivity contribution in [3.63, 3.8) is 0 Å². The van der Waals surface area contributed by atoms with Gasteiger partial charge in [-0.05, 0) is 37.7 Å². The van der Waals surface area contributed by atoms with Gasteiger partial charge in [-0.1, -0.05) is 29.8 Å². The van der Waals surface area contributed by atoms with E-state index >= 15 is 0 Å². The zero-order valence-corrected chi connectivity index (χ0v) is 18.2. The minimum Gasteiger partial charge on any atom is -0.356 e. The number of carbonyl (C=O) groups is 3. The van der Waals surface area contributed by atoms with Gasteiger partial charge in [0.1, 0.15) is 0 Å². The Bertz CT molecular complexity index is 741. The van der Waals surface area contributed by atoms with E-state index in [1.165, 1.54) is 12.5 Å². The van der Waals surface area contributed by atoms with Gasteiger partial charge in [0.15, 0.2) is 0 Å². The van der Waals surface area contributed by atoms with Crippen molar-refractivity contribution in [2.45, 2.75) is 52.1 Å². The third-order valence-electron chi connectivity index (χ3n) is 6.21. The Hall–Kier alpha value is -2.41. The van der Waals surface area contributed by atoms with Crippen molar-refractivity contribution in [3.05, 3.63) is 35.4 Å². The first kappa shape index (κ1) is 22.3. The SMILES string of the molecule is CC(=O)NCCC1CCN(C(=O)CC2C(=O)NCCN2Cc2ccc(C)cc2)CC1. The summed E-state index contributed by atoms with van der Waals surface area (Å²) in [5, 5.41) is 5.76. The molecule has 3 rings (SSSR count). The molecule has 0 saturated carbocycles. The van der Waals surface area contributed by atoms with Crippen LogP contribution in [0.25, 0.3) is 0 Å². The molecule has 3 amide bonds. The number of aryl methyl sites for hydroxylation is 1. The van der Waals surface area contributed by atoms with Crippen LogP contribution in [-0.4, -0.2) is 66.3 Å². The Balaban J connectivity index is 1.51. The van der Waals surface area contributed by atoms with Crippen LogP contribution in [0, 0.1) is 12.8 Å². The lowest BCUT2D eigenvalue weighted by atomic mass is 9.93. The monoisotopic (exact) mass is 414 g/mol. The number of rotatable bonds is 7. The lowest BCUT2D eigenvalue weighted by Crippen LogP contribution is -2.56. The number of likely N-dealkylation sites (tertiary alicyclic amines) is 1. The summed E-state index contributed by atoms with van der Waals surface area (Å²) in [4.78, 5) is 40.5. The predicted molar refractivity (Wildman–Crippen MR) is 116 cm³/mol. The number of benzene rings is 1. The van der Waals surface area contributed by atoms with Gasteiger partial charge < -0.3 is 15.5 Å². The number of piperidine rings is 1. The molecule has 7 nitrogen and oxygen atoms in total. The zero-order valence-electron chi connectivity index (χ0n) is 18.2. The molecule has 2 saturated heterocycles. The molecule has 2 N–H and O–H groups in total. The standard InChI is InChI=1S/C23H34N4O3/c1-17-3-5-20(6-4-17)16-27-14-11-25-23(30)21(27)15-22(29)26-12-8-19(9-13-26)7-10-24-18(2)28/h3-6,19,21H,7-16H2,1-2H3,(H,24,28)(H,25,30). The second-order valence-corrected chi connectivity index (χ2v) is 8.56. The van der Waals surface area contributed by atoms with Crippen LogP contribution in [0.4, 0.5) is 0 Å². The van der Waals surface area contributed by atoms with Crippen molar-refractivity contribution < 1.29 is 14.4 Å². The molecular formula is C23H34N4O3. The Labute approximate surface area is 179 Å². The Morgan fingerprint density at radius 3 is 2.50 bits per heavy atom. The maximum absolute atomic E-state index is 12.9. The molecule has 2 aliphatic heterocycles. The van der Waals surface area contributed by atoms with Crippen molar-refractivity contribution in [3.8, 4) is 0 Å². The molecule has 0 aromatic heterocycles. The Morgan fingerprint density at radius 2 is 1.83 bits per heavy atom. The van der Waals surface area contributed by atoms with Gasteiger partial charge in [0.2, 0.25) is 17.7 Å². The van der Waals surface area contributed by atoms with E-state index in [1.807, 2.05) is 4.90 Å². The fourth-order valence-corrected chi connectivity index (χ4v) is 4.32. The maximum atomic E-state index is 12.9. The first-order valence-corrected chi connectivity index (χ1v) is 11.0. The second-order valence-electron chi connectivity index (χ2n) is 8.56. The Kier molecular flexibility index (Phi) is 7.85. The summed E-state index contributed by atoms with van der Waals surface area (Å²) in [7, 11) is 0. The molecule has 0 spiro atoms. The lowest BCUT2D eigenvalue weighted by Gasteiger charge is -2.37. The predicted octanol–water partition coefficient (Wildman–Crippen LogP) is 1.45. The molecule has 2 fully saturated rings. The van der Waals surface area contributed by atoms with Crippen LogP contribution in [0.3, 0.4) is 0 Å². The van der Waals surface area contributed by atoms with Crippen LogP contribution in [0.1, 0.15) is 43.7 Å². The van der Waals surface area contributed by atoms with Crippen LogP contribution in [0.2, 0.25) is 0 Å². The van der Waals surface area contributed by atoms with Crippen molar-refractivity contribution in [1.82, 2.24) is 20.4 Å². The van der Waals surface area contributed by atoms with Crippen molar-refractivity contribution in [2.24, 2.45) is 5.92 Å². The lowest BCUT2D eigenvalue weighted by molar-refractivity contribution is -0.140. The third kappa shape index (κ3) is 6.29. The highest BCUT2D eigenvalue weighted by atomic mass is 16.2. The Morgan fingerprint density at radius 1 is 1.13 bits per heavy atom. The van der Waals surface area contributed by atoms with Crippen LogP contribution in [-0.2, 0) is 20.9 Å². The normalized spacial score (nSPS) is 20.7. The summed E-state index contributed by atoms with van der Waals surface area (Å²) in [6.07, 6.45) is 3.09. The third-order valence-corrected chi connectivity index (χ3v) is 6.21. The number of hydrogen-bond acceptors (Lipinski definition) is 4. The van der Waals surface area contributed by atoms with Gasteiger partial charge in [0, 0.05) is 46.2 Å². The first-order chi connectivity index (χ1) is 14.4. The minimum absolute atomic E-state index is 0.00330. The van der Waals surface area contributed by atoms with Crippen LogP contribution in [0.5, 0.6) is 0 Å². The van der Waals surface area contributed by atoms with Gasteiger partial charge in [-0.25, -0.2) is 0 Å². The number of hydrogen-bond donors (Lipinski definition) is 2. The largest absolute Gasteiger partial charge is 0.356 e. The van der Waals surface area contributed by atoms with Crippen LogP contribution in [0.15, 0.2) is 24.3 Å². The van der Waals surface area contributed by atoms with Gasteiger partial charge in [-0.2, -0.15) is 0 Å². The van der Waals surface area contributed by atoms with E-state index in [2.05, 4.69) is 46.7 Å². The van der Waals surface area contributed by atoms with Crippen LogP contribution < -0.4 is 10.6 Å². The number of nitrogens with one attached hydrogen (secondary N) is 2. The molecule has 164 valence electrons. The van der Waals surface area contributed by atoms with E-state index in [1.54, 1.807) is 0 Å². The van der Waals surface area contributed by atoms with Gasteiger partial charge in [0.05, 0.1) is 12.5 Å². The van der Waals surface area contributed by atoms with E-state index in [0.29, 0.717) is 25.6 Å². The molecule has 30 heavy (non-hydrogen) atoms. The summed E-state index contributed by atoms with van der Waals surface area (Å²) >= 11 is 0. The highest BCUT2D eigenvalue weighted by Gasteiger charge is 2.33. The average molecular weight is 415 g/mol. The van der Waals surface area contributed by atoms with E-state index in [-0.39, 0.29) is 24.1 Å². The number of nitrogens with zero attached hydrogens (tertiary/aromatic N) is 2. The number of amides is 3. The van der Waals surface area contributed by atoms with E-state index < -0.39 is 6.04 Å². The highest BCUT2D eigenvalue weighted by Crippen LogP contribution is 2.22. The molecule has 1 aromatic carbocycles. The van der Waals surface area contributed by atoms with Gasteiger partial charge in [-0.3, -0.25) is 19.3 Å². The van der Waals surface area contributed by atoms with Gasteiger partial charge in [-0.15, -0.1) is 0 Å². The van der Waals surface area contributed by atoms with Crippen molar-refractivity contribution in [2.75, 3.05) is 32.7 Å². The summed E-state index contributed by atoms with van der Waals surface area (Å²) in [5.74, 6) is 0.554. The summed E-state index contributed by atoms with van der Waals surface area (Å²) in [5.41, 5.74) is 2.37. The minimum atomic E-state index is -0.412. The van der Waals surface area contributed by atoms with E-state index in [0.717, 1.165) is 44.5 Å². The van der Waals surface area contributed by atoms with E-state index in [4.69, 9.17) is 0 Å². The molecule has 1 atom stereocenters. The highest BCUT2D eigenvalue weighted by molar-refractivity contribution is 5.88.